The fraction of sp³-hybridized carbons (Fsp3) is 0.611. The van der Waals surface area contributed by atoms with Crippen molar-refractivity contribution in [3.8, 4) is 0 Å². The minimum absolute atomic E-state index is 0.162. The maximum atomic E-state index is 10.4. The molecule has 1 aromatic rings. The predicted molar refractivity (Wildman–Crippen MR) is 94.2 cm³/mol. The molecule has 1 unspecified atom stereocenters. The number of aryl methyl sites for hydroxylation is 1. The van der Waals surface area contributed by atoms with Crippen molar-refractivity contribution in [1.29, 1.82) is 0 Å². The Morgan fingerprint density at radius 2 is 1.86 bits per heavy atom. The number of nitrogens with one attached hydrogen (secondary N) is 2. The quantitative estimate of drug-likeness (QED) is 0.536. The predicted octanol–water partition coefficient (Wildman–Crippen LogP) is 3.16. The lowest BCUT2D eigenvalue weighted by Crippen LogP contribution is -2.41. The molecule has 4 heteroatoms. The molecule has 1 rings (SSSR count). The van der Waals surface area contributed by atoms with E-state index in [9.17, 15) is 5.11 Å². The van der Waals surface area contributed by atoms with Crippen LogP contribution in [0, 0.1) is 6.92 Å². The summed E-state index contributed by atoms with van der Waals surface area (Å²) < 4.78 is 0. The first-order valence-electron chi connectivity index (χ1n) is 8.28. The molecule has 4 nitrogen and oxygen atoms in total. The van der Waals surface area contributed by atoms with Gasteiger partial charge in [-0.25, -0.2) is 0 Å². The maximum Gasteiger partial charge on any atom is 0.191 e. The summed E-state index contributed by atoms with van der Waals surface area (Å²) in [5, 5.41) is 17.1. The van der Waals surface area contributed by atoms with E-state index in [-0.39, 0.29) is 6.04 Å². The number of nitrogens with zero attached hydrogens (tertiary/aromatic N) is 1. The van der Waals surface area contributed by atoms with E-state index in [0.29, 0.717) is 19.4 Å². The highest BCUT2D eigenvalue weighted by Gasteiger charge is 2.22. The van der Waals surface area contributed by atoms with Gasteiger partial charge in [0.1, 0.15) is 0 Å². The minimum Gasteiger partial charge on any atom is -0.388 e. The van der Waals surface area contributed by atoms with Gasteiger partial charge >= 0.3 is 0 Å². The van der Waals surface area contributed by atoms with Gasteiger partial charge in [0.2, 0.25) is 0 Å². The summed E-state index contributed by atoms with van der Waals surface area (Å²) in [6.45, 7) is 11.5. The lowest BCUT2D eigenvalue weighted by molar-refractivity contribution is 0.0418. The normalized spacial score (nSPS) is 13.8. The molecule has 0 radical (unpaired) electrons. The molecule has 0 bridgehead atoms. The van der Waals surface area contributed by atoms with Crippen LogP contribution in [0.5, 0.6) is 0 Å². The summed E-state index contributed by atoms with van der Waals surface area (Å²) in [6, 6.07) is 8.51. The zero-order valence-electron chi connectivity index (χ0n) is 14.6. The highest BCUT2D eigenvalue weighted by atomic mass is 16.3. The van der Waals surface area contributed by atoms with Crippen molar-refractivity contribution in [2.75, 3.05) is 13.1 Å². The minimum atomic E-state index is -0.714. The van der Waals surface area contributed by atoms with Crippen LogP contribution in [0.4, 0.5) is 0 Å². The van der Waals surface area contributed by atoms with E-state index in [2.05, 4.69) is 47.7 Å². The van der Waals surface area contributed by atoms with Gasteiger partial charge in [-0.3, -0.25) is 4.99 Å². The molecule has 0 fully saturated rings. The monoisotopic (exact) mass is 305 g/mol. The Morgan fingerprint density at radius 1 is 1.23 bits per heavy atom. The molecule has 0 aliphatic heterocycles. The number of guanidine groups is 1. The van der Waals surface area contributed by atoms with Crippen molar-refractivity contribution >= 4 is 5.96 Å². The first-order chi connectivity index (χ1) is 10.5. The Kier molecular flexibility index (Phi) is 7.39. The Bertz CT molecular complexity index is 481. The third-order valence-electron chi connectivity index (χ3n) is 4.20. The molecule has 0 saturated carbocycles. The Morgan fingerprint density at radius 3 is 2.41 bits per heavy atom. The van der Waals surface area contributed by atoms with Gasteiger partial charge in [-0.05, 0) is 44.7 Å². The second-order valence-corrected chi connectivity index (χ2v) is 5.85. The van der Waals surface area contributed by atoms with Crippen LogP contribution in [0.2, 0.25) is 0 Å². The van der Waals surface area contributed by atoms with Crippen LogP contribution >= 0.6 is 0 Å². The van der Waals surface area contributed by atoms with Crippen LogP contribution in [-0.2, 0) is 0 Å². The van der Waals surface area contributed by atoms with Crippen LogP contribution in [0.25, 0.3) is 0 Å². The van der Waals surface area contributed by atoms with Crippen molar-refractivity contribution in [2.45, 2.75) is 59.1 Å². The molecule has 22 heavy (non-hydrogen) atoms. The van der Waals surface area contributed by atoms with Crippen molar-refractivity contribution in [2.24, 2.45) is 4.99 Å². The highest BCUT2D eigenvalue weighted by Crippen LogP contribution is 2.17. The van der Waals surface area contributed by atoms with E-state index in [1.807, 2.05) is 26.8 Å². The van der Waals surface area contributed by atoms with Gasteiger partial charge in [-0.2, -0.15) is 0 Å². The van der Waals surface area contributed by atoms with Crippen molar-refractivity contribution in [1.82, 2.24) is 10.6 Å². The third kappa shape index (κ3) is 5.34. The lowest BCUT2D eigenvalue weighted by atomic mass is 9.98. The molecule has 124 valence electrons. The number of aliphatic imine (C=N–C) groups is 1. The summed E-state index contributed by atoms with van der Waals surface area (Å²) in [5.41, 5.74) is 1.81. The SMILES string of the molecule is CCNC(=NCC(O)(CC)CC)NC(C)c1ccccc1C. The van der Waals surface area contributed by atoms with Crippen LogP contribution < -0.4 is 10.6 Å². The van der Waals surface area contributed by atoms with Crippen LogP contribution in [-0.4, -0.2) is 29.8 Å². The molecular weight excluding hydrogens is 274 g/mol. The molecule has 1 aromatic carbocycles. The fourth-order valence-corrected chi connectivity index (χ4v) is 2.38. The van der Waals surface area contributed by atoms with Gasteiger partial charge in [0.25, 0.3) is 0 Å². The molecule has 0 aromatic heterocycles. The largest absolute Gasteiger partial charge is 0.388 e. The van der Waals surface area contributed by atoms with E-state index in [1.165, 1.54) is 11.1 Å². The molecule has 0 saturated heterocycles. The zero-order valence-corrected chi connectivity index (χ0v) is 14.6. The van der Waals surface area contributed by atoms with Crippen LogP contribution in [0.3, 0.4) is 0 Å². The van der Waals surface area contributed by atoms with Crippen molar-refractivity contribution < 1.29 is 5.11 Å². The summed E-state index contributed by atoms with van der Waals surface area (Å²) >= 11 is 0. The average Bonchev–Trinajstić information content (AvgIpc) is 2.53. The molecular formula is C18H31N3O. The van der Waals surface area contributed by atoms with Gasteiger partial charge in [0, 0.05) is 6.54 Å². The van der Waals surface area contributed by atoms with E-state index in [0.717, 1.165) is 12.5 Å². The number of benzene rings is 1. The van der Waals surface area contributed by atoms with E-state index >= 15 is 0 Å². The number of rotatable bonds is 7. The third-order valence-corrected chi connectivity index (χ3v) is 4.20. The highest BCUT2D eigenvalue weighted by molar-refractivity contribution is 5.80. The van der Waals surface area contributed by atoms with E-state index in [1.54, 1.807) is 0 Å². The molecule has 0 aliphatic rings. The molecule has 0 amide bonds. The zero-order chi connectivity index (χ0) is 16.6. The summed E-state index contributed by atoms with van der Waals surface area (Å²) in [6.07, 6.45) is 1.42. The number of hydrogen-bond donors (Lipinski definition) is 3. The molecule has 0 spiro atoms. The molecule has 0 aliphatic carbocycles. The Hall–Kier alpha value is -1.55. The van der Waals surface area contributed by atoms with Gasteiger partial charge < -0.3 is 15.7 Å². The topological polar surface area (TPSA) is 56.7 Å². The van der Waals surface area contributed by atoms with Crippen molar-refractivity contribution in [3.05, 3.63) is 35.4 Å². The summed E-state index contributed by atoms with van der Waals surface area (Å²) in [4.78, 5) is 4.57. The lowest BCUT2D eigenvalue weighted by Gasteiger charge is -2.24. The van der Waals surface area contributed by atoms with Gasteiger partial charge in [0.15, 0.2) is 5.96 Å². The molecule has 3 N–H and O–H groups in total. The van der Waals surface area contributed by atoms with Gasteiger partial charge in [-0.1, -0.05) is 38.1 Å². The van der Waals surface area contributed by atoms with Gasteiger partial charge in [0.05, 0.1) is 18.2 Å². The van der Waals surface area contributed by atoms with Crippen LogP contribution in [0.1, 0.15) is 57.7 Å². The van der Waals surface area contributed by atoms with E-state index < -0.39 is 5.60 Å². The van der Waals surface area contributed by atoms with E-state index in [4.69, 9.17) is 0 Å². The summed E-state index contributed by atoms with van der Waals surface area (Å²) in [5.74, 6) is 0.749. The Labute approximate surface area is 135 Å². The average molecular weight is 305 g/mol. The first-order valence-corrected chi connectivity index (χ1v) is 8.28. The number of hydrogen-bond acceptors (Lipinski definition) is 2. The van der Waals surface area contributed by atoms with Crippen LogP contribution in [0.15, 0.2) is 29.3 Å². The van der Waals surface area contributed by atoms with Crippen molar-refractivity contribution in [3.63, 3.8) is 0 Å². The smallest absolute Gasteiger partial charge is 0.191 e. The Balaban J connectivity index is 2.81. The fourth-order valence-electron chi connectivity index (χ4n) is 2.38. The molecule has 0 heterocycles. The molecule has 1 atom stereocenters. The number of aliphatic hydroxyl groups is 1. The second kappa shape index (κ2) is 8.79. The summed E-state index contributed by atoms with van der Waals surface area (Å²) in [7, 11) is 0. The standard InChI is InChI=1S/C18H31N3O/c1-6-18(22,7-2)13-20-17(19-8-3)21-15(5)16-12-10-9-11-14(16)4/h9-12,15,22H,6-8,13H2,1-5H3,(H2,19,20,21). The second-order valence-electron chi connectivity index (χ2n) is 5.85. The first kappa shape index (κ1) is 18.5. The maximum absolute atomic E-state index is 10.4. The van der Waals surface area contributed by atoms with Gasteiger partial charge in [-0.15, -0.1) is 0 Å².